The minimum absolute atomic E-state index is 0. The molecule has 0 aromatic carbocycles. The number of Topliss-reactive ketones (excluding diaryl/α,β-unsaturated/α-hetero) is 2. The molecule has 0 aromatic heterocycles. The fourth-order valence-corrected chi connectivity index (χ4v) is 0.560. The largest absolute Gasteiger partial charge is 0.548 e. The third-order valence-electron chi connectivity index (χ3n) is 1.06. The molecule has 0 atom stereocenters. The summed E-state index contributed by atoms with van der Waals surface area (Å²) in [6.45, 7) is 1.45. The third-order valence-corrected chi connectivity index (χ3v) is 1.06. The van der Waals surface area contributed by atoms with E-state index in [0.717, 1.165) is 0 Å². The zero-order valence-corrected chi connectivity index (χ0v) is 11.1. The maximum absolute atomic E-state index is 10.1. The van der Waals surface area contributed by atoms with Crippen molar-refractivity contribution in [3.05, 3.63) is 7.43 Å². The van der Waals surface area contributed by atoms with Crippen molar-refractivity contribution in [2.75, 3.05) is 26.4 Å². The number of aliphatic carboxylic acids is 2. The van der Waals surface area contributed by atoms with Gasteiger partial charge in [-0.1, -0.05) is 0 Å². The van der Waals surface area contributed by atoms with E-state index < -0.39 is 25.2 Å². The molecule has 0 aliphatic heterocycles. The van der Waals surface area contributed by atoms with Gasteiger partial charge in [0.15, 0.2) is 11.6 Å². The van der Waals surface area contributed by atoms with Crippen LogP contribution in [-0.2, 0) is 28.7 Å². The Morgan fingerprint density at radius 2 is 1.26 bits per heavy atom. The minimum Gasteiger partial charge on any atom is -0.548 e. The number of hydrogen-bond donors (Lipinski definition) is 1. The van der Waals surface area contributed by atoms with E-state index in [2.05, 4.69) is 9.47 Å². The quantitative estimate of drug-likeness (QED) is 0.529. The van der Waals surface area contributed by atoms with Crippen LogP contribution in [0, 0.1) is 7.43 Å². The monoisotopic (exact) mass is 278 g/mol. The summed E-state index contributed by atoms with van der Waals surface area (Å²) >= 11 is 0. The number of carbonyl (C=O) groups is 4. The zero-order valence-electron chi connectivity index (χ0n) is 11.1. The summed E-state index contributed by atoms with van der Waals surface area (Å²) < 4.78 is 8.75. The Balaban J connectivity index is -0.000000256. The van der Waals surface area contributed by atoms with Crippen molar-refractivity contribution in [3.63, 3.8) is 0 Å². The van der Waals surface area contributed by atoms with Gasteiger partial charge >= 0.3 is 5.97 Å². The summed E-state index contributed by atoms with van der Waals surface area (Å²) in [4.78, 5) is 39.6. The van der Waals surface area contributed by atoms with Crippen LogP contribution in [0.5, 0.6) is 0 Å². The van der Waals surface area contributed by atoms with E-state index in [1.54, 1.807) is 0 Å². The van der Waals surface area contributed by atoms with Gasteiger partial charge in [-0.05, 0) is 13.8 Å². The summed E-state index contributed by atoms with van der Waals surface area (Å²) in [6.07, 6.45) is 0. The van der Waals surface area contributed by atoms with E-state index in [4.69, 9.17) is 5.11 Å². The summed E-state index contributed by atoms with van der Waals surface area (Å²) in [5.41, 5.74) is 0. The minimum atomic E-state index is -1.31. The van der Waals surface area contributed by atoms with Crippen LogP contribution in [0.1, 0.15) is 13.8 Å². The van der Waals surface area contributed by atoms with Gasteiger partial charge in [0.05, 0.1) is 12.6 Å². The molecule has 1 N–H and O–H groups in total. The lowest BCUT2D eigenvalue weighted by Crippen LogP contribution is -2.28. The summed E-state index contributed by atoms with van der Waals surface area (Å²) in [6, 6.07) is 0. The van der Waals surface area contributed by atoms with Gasteiger partial charge in [-0.3, -0.25) is 9.59 Å². The van der Waals surface area contributed by atoms with Crippen molar-refractivity contribution in [3.8, 4) is 0 Å². The van der Waals surface area contributed by atoms with Crippen LogP contribution >= 0.6 is 0 Å². The average Bonchev–Trinajstić information content (AvgIpc) is 2.15. The van der Waals surface area contributed by atoms with Crippen LogP contribution in [0.15, 0.2) is 0 Å². The van der Waals surface area contributed by atoms with E-state index in [0.29, 0.717) is 0 Å². The molecule has 0 bridgehead atoms. The second-order valence-electron chi connectivity index (χ2n) is 3.16. The normalized spacial score (nSPS) is 8.53. The average molecular weight is 278 g/mol. The molecule has 0 heterocycles. The van der Waals surface area contributed by atoms with Crippen LogP contribution in [-0.4, -0.2) is 55.0 Å². The van der Waals surface area contributed by atoms with Crippen molar-refractivity contribution in [2.45, 2.75) is 13.8 Å². The Hall–Kier alpha value is -1.93. The lowest BCUT2D eigenvalue weighted by Gasteiger charge is -2.00. The number of carbonyl (C=O) groups excluding carboxylic acids is 3. The fraction of sp³-hybridized carbons (Fsp3) is 0.545. The van der Waals surface area contributed by atoms with Crippen molar-refractivity contribution < 1.29 is 38.9 Å². The second-order valence-corrected chi connectivity index (χ2v) is 3.16. The first-order chi connectivity index (χ1) is 8.25. The number of carboxylic acids is 2. The molecule has 0 saturated carbocycles. The van der Waals surface area contributed by atoms with E-state index in [1.165, 1.54) is 13.8 Å². The Kier molecular flexibility index (Phi) is 16.6. The predicted octanol–water partition coefficient (Wildman–Crippen LogP) is -1.53. The molecule has 0 amide bonds. The first-order valence-corrected chi connectivity index (χ1v) is 4.81. The highest BCUT2D eigenvalue weighted by atomic mass is 16.5. The molecular weight excluding hydrogens is 260 g/mol. The number of rotatable bonds is 8. The maximum Gasteiger partial charge on any atom is 0.329 e. The van der Waals surface area contributed by atoms with Gasteiger partial charge < -0.3 is 24.5 Å². The lowest BCUT2D eigenvalue weighted by atomic mass is 10.5. The molecule has 0 saturated heterocycles. The number of ketones is 2. The van der Waals surface area contributed by atoms with Gasteiger partial charge in [0, 0.05) is 7.43 Å². The van der Waals surface area contributed by atoms with Crippen LogP contribution in [0.25, 0.3) is 0 Å². The Labute approximate surface area is 111 Å². The SMILES string of the molecule is CC(=O)COCC(=O)O.CC(=O)COCC(=O)[O-].[CH3+]. The molecule has 0 aromatic rings. The van der Waals surface area contributed by atoms with Gasteiger partial charge in [0.1, 0.15) is 19.8 Å². The maximum atomic E-state index is 10.1. The fourth-order valence-electron chi connectivity index (χ4n) is 0.560. The molecule has 8 nitrogen and oxygen atoms in total. The molecule has 0 aliphatic carbocycles. The number of ether oxygens (including phenoxy) is 2. The van der Waals surface area contributed by atoms with Crippen molar-refractivity contribution in [2.24, 2.45) is 0 Å². The molecule has 0 spiro atoms. The lowest BCUT2D eigenvalue weighted by molar-refractivity contribution is -0.309. The molecule has 0 rings (SSSR count). The number of hydrogen-bond acceptors (Lipinski definition) is 7. The Morgan fingerprint density at radius 1 is 0.895 bits per heavy atom. The zero-order chi connectivity index (χ0) is 14.6. The summed E-state index contributed by atoms with van der Waals surface area (Å²) in [5.74, 6) is -2.74. The Morgan fingerprint density at radius 3 is 1.53 bits per heavy atom. The van der Waals surface area contributed by atoms with Gasteiger partial charge in [-0.25, -0.2) is 4.79 Å². The van der Waals surface area contributed by atoms with Crippen LogP contribution in [0.2, 0.25) is 0 Å². The van der Waals surface area contributed by atoms with Crippen LogP contribution < -0.4 is 5.11 Å². The van der Waals surface area contributed by atoms with Gasteiger partial charge in [0.25, 0.3) is 0 Å². The van der Waals surface area contributed by atoms with Gasteiger partial charge in [-0.15, -0.1) is 0 Å². The molecule has 19 heavy (non-hydrogen) atoms. The van der Waals surface area contributed by atoms with E-state index in [1.807, 2.05) is 0 Å². The second kappa shape index (κ2) is 14.1. The molecule has 8 heteroatoms. The molecule has 0 radical (unpaired) electrons. The third kappa shape index (κ3) is 31.4. The van der Waals surface area contributed by atoms with E-state index >= 15 is 0 Å². The van der Waals surface area contributed by atoms with Gasteiger partial charge in [-0.2, -0.15) is 0 Å². The van der Waals surface area contributed by atoms with Crippen molar-refractivity contribution in [1.29, 1.82) is 0 Å². The first kappa shape index (κ1) is 22.3. The smallest absolute Gasteiger partial charge is 0.329 e. The first-order valence-electron chi connectivity index (χ1n) is 4.81. The van der Waals surface area contributed by atoms with Crippen molar-refractivity contribution in [1.82, 2.24) is 0 Å². The predicted molar refractivity (Wildman–Crippen MR) is 62.1 cm³/mol. The van der Waals surface area contributed by atoms with Crippen LogP contribution in [0.3, 0.4) is 0 Å². The number of carboxylic acid groups (broad SMARTS) is 2. The van der Waals surface area contributed by atoms with E-state index in [9.17, 15) is 24.3 Å². The Bertz CT molecular complexity index is 239. The molecule has 0 aliphatic rings. The standard InChI is InChI=1S/2C5H8O4.CH3/c2*1-4(6)2-9-3-5(7)8;/h2*2-3H2,1H3,(H,7,8);1H3/q;;+1/p-1. The highest BCUT2D eigenvalue weighted by molar-refractivity contribution is 5.77. The van der Waals surface area contributed by atoms with Gasteiger partial charge in [0.2, 0.25) is 0 Å². The summed E-state index contributed by atoms with van der Waals surface area (Å²) in [5, 5.41) is 17.6. The highest BCUT2D eigenvalue weighted by Crippen LogP contribution is 1.75. The molecule has 0 unspecified atom stereocenters. The highest BCUT2D eigenvalue weighted by Gasteiger charge is 1.96. The molecular formula is C11H18O8. The van der Waals surface area contributed by atoms with E-state index in [-0.39, 0.29) is 32.2 Å². The topological polar surface area (TPSA) is 130 Å². The summed E-state index contributed by atoms with van der Waals surface area (Å²) in [7, 11) is 0. The van der Waals surface area contributed by atoms with Crippen LogP contribution in [0.4, 0.5) is 0 Å². The van der Waals surface area contributed by atoms with Crippen molar-refractivity contribution >= 4 is 23.5 Å². The molecule has 0 fully saturated rings. The molecule has 110 valence electrons.